The Hall–Kier alpha value is -1.97. The Balaban J connectivity index is 2.83. The number of hydrogen-bond donors (Lipinski definition) is 4. The van der Waals surface area contributed by atoms with Gasteiger partial charge in [-0.15, -0.1) is 0 Å². The van der Waals surface area contributed by atoms with E-state index in [1.54, 1.807) is 0 Å². The van der Waals surface area contributed by atoms with E-state index in [0.717, 1.165) is 0 Å². The van der Waals surface area contributed by atoms with Crippen LogP contribution in [-0.4, -0.2) is 45.0 Å². The average Bonchev–Trinajstić information content (AvgIpc) is 2.44. The first-order valence-corrected chi connectivity index (χ1v) is 7.05. The lowest BCUT2D eigenvalue weighted by Gasteiger charge is -2.09. The van der Waals surface area contributed by atoms with Crippen LogP contribution in [0.2, 0.25) is 0 Å². The zero-order valence-electron chi connectivity index (χ0n) is 10.7. The third kappa shape index (κ3) is 4.02. The largest absolute Gasteiger partial charge is 0.382 e. The van der Waals surface area contributed by atoms with Gasteiger partial charge >= 0.3 is 0 Å². The Bertz CT molecular complexity index is 597. The molecule has 8 nitrogen and oxygen atoms in total. The predicted octanol–water partition coefficient (Wildman–Crippen LogP) is -1.83. The van der Waals surface area contributed by atoms with Gasteiger partial charge in [-0.2, -0.15) is 0 Å². The summed E-state index contributed by atoms with van der Waals surface area (Å²) < 4.78 is 25.7. The van der Waals surface area contributed by atoms with Crippen molar-refractivity contribution in [2.45, 2.75) is 11.0 Å². The van der Waals surface area contributed by atoms with Gasteiger partial charge in [-0.3, -0.25) is 9.59 Å². The molecule has 0 aromatic heterocycles. The van der Waals surface area contributed by atoms with E-state index in [1.807, 2.05) is 4.72 Å². The van der Waals surface area contributed by atoms with Gasteiger partial charge in [-0.05, 0) is 24.3 Å². The van der Waals surface area contributed by atoms with Crippen LogP contribution < -0.4 is 15.8 Å². The van der Waals surface area contributed by atoms with E-state index in [1.165, 1.54) is 31.3 Å². The van der Waals surface area contributed by atoms with E-state index in [4.69, 9.17) is 10.8 Å². The van der Waals surface area contributed by atoms with Crippen molar-refractivity contribution in [3.8, 4) is 0 Å². The van der Waals surface area contributed by atoms with Crippen LogP contribution in [-0.2, 0) is 14.8 Å². The standard InChI is InChI=1S/C11H15N3O5S/c1-13-11(17)7-2-4-8(5-3-7)20(18,19)14-6-9(15)10(12)16/h2-5,9,14-15H,6H2,1H3,(H2,12,16)(H,13,17). The van der Waals surface area contributed by atoms with Gasteiger partial charge in [-0.1, -0.05) is 0 Å². The van der Waals surface area contributed by atoms with Gasteiger partial charge in [0.25, 0.3) is 5.91 Å². The molecule has 20 heavy (non-hydrogen) atoms. The molecule has 1 rings (SSSR count). The molecule has 0 aliphatic carbocycles. The minimum absolute atomic E-state index is 0.0955. The molecule has 0 fully saturated rings. The van der Waals surface area contributed by atoms with E-state index >= 15 is 0 Å². The van der Waals surface area contributed by atoms with Gasteiger partial charge in [0.05, 0.1) is 4.90 Å². The summed E-state index contributed by atoms with van der Waals surface area (Å²) in [4.78, 5) is 21.8. The van der Waals surface area contributed by atoms with E-state index in [2.05, 4.69) is 5.32 Å². The van der Waals surface area contributed by atoms with Crippen LogP contribution in [0.25, 0.3) is 0 Å². The highest BCUT2D eigenvalue weighted by molar-refractivity contribution is 7.89. The molecule has 0 spiro atoms. The molecular weight excluding hydrogens is 286 g/mol. The number of nitrogens with two attached hydrogens (primary N) is 1. The van der Waals surface area contributed by atoms with Crippen molar-refractivity contribution >= 4 is 21.8 Å². The SMILES string of the molecule is CNC(=O)c1ccc(S(=O)(=O)NCC(O)C(N)=O)cc1. The molecular formula is C11H15N3O5S. The number of rotatable bonds is 6. The Labute approximate surface area is 116 Å². The maximum atomic E-state index is 11.8. The quantitative estimate of drug-likeness (QED) is 0.489. The van der Waals surface area contributed by atoms with Crippen LogP contribution in [0.4, 0.5) is 0 Å². The number of carbonyl (C=O) groups is 2. The fourth-order valence-corrected chi connectivity index (χ4v) is 2.34. The first-order valence-electron chi connectivity index (χ1n) is 5.57. The lowest BCUT2D eigenvalue weighted by atomic mass is 10.2. The summed E-state index contributed by atoms with van der Waals surface area (Å²) in [6, 6.07) is 5.17. The molecule has 1 aromatic rings. The number of primary amides is 1. The molecule has 5 N–H and O–H groups in total. The van der Waals surface area contributed by atoms with Crippen molar-refractivity contribution in [3.63, 3.8) is 0 Å². The van der Waals surface area contributed by atoms with Gasteiger partial charge in [-0.25, -0.2) is 13.1 Å². The molecule has 0 saturated carbocycles. The van der Waals surface area contributed by atoms with Crippen LogP contribution in [0.5, 0.6) is 0 Å². The molecule has 0 aliphatic heterocycles. The summed E-state index contributed by atoms with van der Waals surface area (Å²) in [5, 5.41) is 11.5. The number of carbonyl (C=O) groups excluding carboxylic acids is 2. The second kappa shape index (κ2) is 6.46. The monoisotopic (exact) mass is 301 g/mol. The van der Waals surface area contributed by atoms with E-state index in [0.29, 0.717) is 5.56 Å². The average molecular weight is 301 g/mol. The van der Waals surface area contributed by atoms with Gasteiger partial charge in [0, 0.05) is 19.2 Å². The minimum atomic E-state index is -3.89. The second-order valence-electron chi connectivity index (χ2n) is 3.87. The number of aliphatic hydroxyl groups is 1. The molecule has 0 heterocycles. The molecule has 0 bridgehead atoms. The van der Waals surface area contributed by atoms with Crippen molar-refractivity contribution in [2.24, 2.45) is 5.73 Å². The molecule has 1 atom stereocenters. The van der Waals surface area contributed by atoms with Gasteiger partial charge in [0.1, 0.15) is 6.10 Å². The fraction of sp³-hybridized carbons (Fsp3) is 0.273. The van der Waals surface area contributed by atoms with E-state index in [9.17, 15) is 18.0 Å². The van der Waals surface area contributed by atoms with Gasteiger partial charge in [0.2, 0.25) is 15.9 Å². The molecule has 110 valence electrons. The number of sulfonamides is 1. The number of benzene rings is 1. The summed E-state index contributed by atoms with van der Waals surface area (Å²) in [6.07, 6.45) is -1.60. The number of aliphatic hydroxyl groups excluding tert-OH is 1. The Morgan fingerprint density at radius 2 is 1.85 bits per heavy atom. The highest BCUT2D eigenvalue weighted by Gasteiger charge is 2.18. The minimum Gasteiger partial charge on any atom is -0.382 e. The zero-order valence-corrected chi connectivity index (χ0v) is 11.5. The van der Waals surface area contributed by atoms with Crippen LogP contribution in [0.3, 0.4) is 0 Å². The van der Waals surface area contributed by atoms with Crippen molar-refractivity contribution in [1.29, 1.82) is 0 Å². The second-order valence-corrected chi connectivity index (χ2v) is 5.64. The third-order valence-electron chi connectivity index (χ3n) is 2.45. The van der Waals surface area contributed by atoms with Gasteiger partial charge < -0.3 is 16.2 Å². The zero-order chi connectivity index (χ0) is 15.3. The lowest BCUT2D eigenvalue weighted by Crippen LogP contribution is -2.39. The summed E-state index contributed by atoms with van der Waals surface area (Å²) in [5.74, 6) is -1.37. The van der Waals surface area contributed by atoms with E-state index < -0.39 is 28.6 Å². The van der Waals surface area contributed by atoms with Crippen LogP contribution >= 0.6 is 0 Å². The first-order chi connectivity index (χ1) is 9.27. The number of amides is 2. The highest BCUT2D eigenvalue weighted by Crippen LogP contribution is 2.10. The molecule has 0 radical (unpaired) electrons. The first kappa shape index (κ1) is 16.1. The normalized spacial score (nSPS) is 12.7. The molecule has 0 saturated heterocycles. The summed E-state index contributed by atoms with van der Waals surface area (Å²) in [7, 11) is -2.43. The summed E-state index contributed by atoms with van der Waals surface area (Å²) in [5.41, 5.74) is 5.11. The van der Waals surface area contributed by atoms with Crippen molar-refractivity contribution in [2.75, 3.05) is 13.6 Å². The molecule has 0 aliphatic rings. The smallest absolute Gasteiger partial charge is 0.251 e. The Kier molecular flexibility index (Phi) is 5.19. The molecule has 1 aromatic carbocycles. The van der Waals surface area contributed by atoms with Gasteiger partial charge in [0.15, 0.2) is 0 Å². The van der Waals surface area contributed by atoms with Crippen LogP contribution in [0.1, 0.15) is 10.4 Å². The molecule has 9 heteroatoms. The maximum Gasteiger partial charge on any atom is 0.251 e. The Morgan fingerprint density at radius 1 is 1.30 bits per heavy atom. The fourth-order valence-electron chi connectivity index (χ4n) is 1.30. The van der Waals surface area contributed by atoms with Crippen LogP contribution in [0, 0.1) is 0 Å². The lowest BCUT2D eigenvalue weighted by molar-refractivity contribution is -0.125. The number of hydrogen-bond acceptors (Lipinski definition) is 5. The topological polar surface area (TPSA) is 139 Å². The van der Waals surface area contributed by atoms with Crippen molar-refractivity contribution in [1.82, 2.24) is 10.0 Å². The van der Waals surface area contributed by atoms with Crippen molar-refractivity contribution in [3.05, 3.63) is 29.8 Å². The Morgan fingerprint density at radius 3 is 2.30 bits per heavy atom. The highest BCUT2D eigenvalue weighted by atomic mass is 32.2. The summed E-state index contributed by atoms with van der Waals surface area (Å²) >= 11 is 0. The maximum absolute atomic E-state index is 11.8. The summed E-state index contributed by atoms with van der Waals surface area (Å²) in [6.45, 7) is -0.519. The third-order valence-corrected chi connectivity index (χ3v) is 3.89. The van der Waals surface area contributed by atoms with Crippen molar-refractivity contribution < 1.29 is 23.1 Å². The molecule has 1 unspecified atom stereocenters. The number of nitrogens with one attached hydrogen (secondary N) is 2. The molecule has 2 amide bonds. The predicted molar refractivity (Wildman–Crippen MR) is 70.2 cm³/mol. The van der Waals surface area contributed by atoms with E-state index in [-0.39, 0.29) is 10.8 Å². The van der Waals surface area contributed by atoms with Crippen LogP contribution in [0.15, 0.2) is 29.2 Å².